The molecule has 0 saturated heterocycles. The third-order valence-electron chi connectivity index (χ3n) is 3.53. The van der Waals surface area contributed by atoms with Crippen molar-refractivity contribution in [3.05, 3.63) is 59.4 Å². The molecule has 160 valence electrons. The van der Waals surface area contributed by atoms with Crippen LogP contribution in [0.4, 0.5) is 18.9 Å². The van der Waals surface area contributed by atoms with Gasteiger partial charge in [0.2, 0.25) is 11.7 Å². The van der Waals surface area contributed by atoms with Gasteiger partial charge in [-0.25, -0.2) is 0 Å². The van der Waals surface area contributed by atoms with Crippen LogP contribution >= 0.6 is 35.6 Å². The van der Waals surface area contributed by atoms with Gasteiger partial charge in [0.15, 0.2) is 11.7 Å². The maximum atomic E-state index is 12.5. The molecular formula is C18H16ClF3IN5O2. The lowest BCUT2D eigenvalue weighted by Gasteiger charge is -2.14. The number of anilines is 1. The highest BCUT2D eigenvalue weighted by atomic mass is 127. The molecule has 0 spiro atoms. The fourth-order valence-electron chi connectivity index (χ4n) is 2.33. The molecule has 2 aromatic carbocycles. The minimum Gasteiger partial charge on any atom is -0.404 e. The number of aromatic nitrogens is 2. The summed E-state index contributed by atoms with van der Waals surface area (Å²) in [5.74, 6) is 0.215. The van der Waals surface area contributed by atoms with Crippen LogP contribution in [-0.4, -0.2) is 29.0 Å². The number of guanidine groups is 1. The summed E-state index contributed by atoms with van der Waals surface area (Å²) in [6.07, 6.45) is -4.53. The Morgan fingerprint density at radius 3 is 2.70 bits per heavy atom. The first-order valence-corrected chi connectivity index (χ1v) is 8.68. The summed E-state index contributed by atoms with van der Waals surface area (Å²) in [6, 6.07) is 12.5. The number of para-hydroxylation sites is 2. The number of hydrogen-bond donors (Lipinski definition) is 2. The molecule has 0 aliphatic rings. The van der Waals surface area contributed by atoms with E-state index in [1.54, 1.807) is 24.3 Å². The molecule has 0 radical (unpaired) electrons. The predicted octanol–water partition coefficient (Wildman–Crippen LogP) is 4.88. The van der Waals surface area contributed by atoms with Gasteiger partial charge < -0.3 is 20.3 Å². The monoisotopic (exact) mass is 553 g/mol. The van der Waals surface area contributed by atoms with Crippen LogP contribution in [0.1, 0.15) is 5.89 Å². The van der Waals surface area contributed by atoms with Crippen LogP contribution in [0.25, 0.3) is 11.4 Å². The minimum atomic E-state index is -4.82. The van der Waals surface area contributed by atoms with Gasteiger partial charge in [-0.1, -0.05) is 41.0 Å². The topological polar surface area (TPSA) is 98.6 Å². The molecule has 3 aromatic rings. The molecule has 30 heavy (non-hydrogen) atoms. The van der Waals surface area contributed by atoms with Crippen LogP contribution in [-0.2, 0) is 6.42 Å². The van der Waals surface area contributed by atoms with Crippen LogP contribution in [0, 0.1) is 0 Å². The van der Waals surface area contributed by atoms with Crippen molar-refractivity contribution in [3.8, 4) is 17.1 Å². The zero-order valence-corrected chi connectivity index (χ0v) is 18.3. The van der Waals surface area contributed by atoms with Crippen molar-refractivity contribution in [2.24, 2.45) is 10.7 Å². The normalized spacial score (nSPS) is 11.7. The van der Waals surface area contributed by atoms with Crippen molar-refractivity contribution in [2.45, 2.75) is 12.8 Å². The molecule has 0 fully saturated rings. The van der Waals surface area contributed by atoms with Crippen LogP contribution in [0.3, 0.4) is 0 Å². The maximum Gasteiger partial charge on any atom is 0.573 e. The van der Waals surface area contributed by atoms with Crippen molar-refractivity contribution in [2.75, 3.05) is 11.9 Å². The number of benzene rings is 2. The quantitative estimate of drug-likeness (QED) is 0.257. The smallest absolute Gasteiger partial charge is 0.404 e. The lowest BCUT2D eigenvalue weighted by molar-refractivity contribution is -0.274. The highest BCUT2D eigenvalue weighted by molar-refractivity contribution is 14.0. The van der Waals surface area contributed by atoms with Crippen molar-refractivity contribution >= 4 is 47.2 Å². The molecule has 0 amide bonds. The van der Waals surface area contributed by atoms with Gasteiger partial charge in [0.1, 0.15) is 0 Å². The molecule has 3 N–H and O–H groups in total. The number of alkyl halides is 3. The Balaban J connectivity index is 0.00000320. The molecule has 0 bridgehead atoms. The Hall–Kier alpha value is -2.54. The van der Waals surface area contributed by atoms with E-state index < -0.39 is 12.1 Å². The average Bonchev–Trinajstić information content (AvgIpc) is 3.11. The molecule has 1 aromatic heterocycles. The van der Waals surface area contributed by atoms with Crippen LogP contribution in [0.2, 0.25) is 5.02 Å². The second-order valence-electron chi connectivity index (χ2n) is 5.71. The van der Waals surface area contributed by atoms with E-state index in [4.69, 9.17) is 21.9 Å². The SMILES string of the molecule is I.NC(=NCCc1nc(-c2cccc(Cl)c2)no1)Nc1ccccc1OC(F)(F)F. The van der Waals surface area contributed by atoms with Crippen LogP contribution in [0.5, 0.6) is 5.75 Å². The molecule has 0 aliphatic carbocycles. The number of hydrogen-bond acceptors (Lipinski definition) is 5. The van der Waals surface area contributed by atoms with Crippen LogP contribution < -0.4 is 15.8 Å². The Bertz CT molecular complexity index is 1010. The second-order valence-corrected chi connectivity index (χ2v) is 6.14. The Kier molecular flexibility index (Phi) is 8.29. The van der Waals surface area contributed by atoms with Gasteiger partial charge in [0.25, 0.3) is 0 Å². The summed E-state index contributed by atoms with van der Waals surface area (Å²) in [5.41, 5.74) is 6.48. The molecule has 0 atom stereocenters. The number of ether oxygens (including phenoxy) is 1. The second kappa shape index (κ2) is 10.5. The number of nitrogens with one attached hydrogen (secondary N) is 1. The number of rotatable bonds is 6. The molecule has 12 heteroatoms. The number of nitrogens with two attached hydrogens (primary N) is 1. The Labute approximate surface area is 191 Å². The van der Waals surface area contributed by atoms with Gasteiger partial charge >= 0.3 is 6.36 Å². The molecule has 0 aliphatic heterocycles. The fraction of sp³-hybridized carbons (Fsp3) is 0.167. The maximum absolute atomic E-state index is 12.5. The van der Waals surface area contributed by atoms with Gasteiger partial charge in [-0.3, -0.25) is 4.99 Å². The van der Waals surface area contributed by atoms with E-state index in [0.717, 1.165) is 0 Å². The van der Waals surface area contributed by atoms with E-state index in [1.807, 2.05) is 0 Å². The summed E-state index contributed by atoms with van der Waals surface area (Å²) >= 11 is 5.94. The van der Waals surface area contributed by atoms with E-state index in [2.05, 4.69) is 25.2 Å². The minimum absolute atomic E-state index is 0. The standard InChI is InChI=1S/C18H15ClF3N5O2.HI/c19-12-5-3-4-11(10-12)16-26-15(29-27-16)8-9-24-17(23)25-13-6-1-2-7-14(13)28-18(20,21)22;/h1-7,10H,8-9H2,(H3,23,24,25);1H. The first-order valence-electron chi connectivity index (χ1n) is 8.30. The Morgan fingerprint density at radius 2 is 1.97 bits per heavy atom. The summed E-state index contributed by atoms with van der Waals surface area (Å²) < 4.78 is 46.5. The van der Waals surface area contributed by atoms with Gasteiger partial charge in [-0.15, -0.1) is 37.1 Å². The van der Waals surface area contributed by atoms with E-state index >= 15 is 0 Å². The fourth-order valence-corrected chi connectivity index (χ4v) is 2.52. The largest absolute Gasteiger partial charge is 0.573 e. The lowest BCUT2D eigenvalue weighted by Crippen LogP contribution is -2.24. The highest BCUT2D eigenvalue weighted by Gasteiger charge is 2.32. The van der Waals surface area contributed by atoms with Crippen molar-refractivity contribution in [1.82, 2.24) is 10.1 Å². The van der Waals surface area contributed by atoms with Crippen molar-refractivity contribution in [3.63, 3.8) is 0 Å². The van der Waals surface area contributed by atoms with Crippen molar-refractivity contribution in [1.29, 1.82) is 0 Å². The highest BCUT2D eigenvalue weighted by Crippen LogP contribution is 2.29. The first-order chi connectivity index (χ1) is 13.8. The average molecular weight is 554 g/mol. The van der Waals surface area contributed by atoms with Crippen molar-refractivity contribution < 1.29 is 22.4 Å². The molecule has 1 heterocycles. The zero-order chi connectivity index (χ0) is 20.9. The molecule has 3 rings (SSSR count). The number of halogens is 5. The molecule has 0 unspecified atom stereocenters. The third-order valence-corrected chi connectivity index (χ3v) is 3.77. The summed E-state index contributed by atoms with van der Waals surface area (Å²) in [5, 5.41) is 7.00. The number of aliphatic imine (C=N–C) groups is 1. The molecule has 7 nitrogen and oxygen atoms in total. The van der Waals surface area contributed by atoms with Gasteiger partial charge in [0.05, 0.1) is 12.2 Å². The van der Waals surface area contributed by atoms with E-state index in [1.165, 1.54) is 24.3 Å². The van der Waals surface area contributed by atoms with E-state index in [9.17, 15) is 13.2 Å². The van der Waals surface area contributed by atoms with E-state index in [0.29, 0.717) is 22.3 Å². The first kappa shape index (κ1) is 23.7. The Morgan fingerprint density at radius 1 is 1.20 bits per heavy atom. The van der Waals surface area contributed by atoms with Gasteiger partial charge in [-0.05, 0) is 24.3 Å². The predicted molar refractivity (Wildman–Crippen MR) is 117 cm³/mol. The third kappa shape index (κ3) is 7.06. The van der Waals surface area contributed by atoms with Gasteiger partial charge in [0, 0.05) is 17.0 Å². The van der Waals surface area contributed by atoms with Gasteiger partial charge in [-0.2, -0.15) is 4.98 Å². The molecule has 0 saturated carbocycles. The number of nitrogens with zero attached hydrogens (tertiary/aromatic N) is 3. The summed E-state index contributed by atoms with van der Waals surface area (Å²) in [7, 11) is 0. The lowest BCUT2D eigenvalue weighted by atomic mass is 10.2. The summed E-state index contributed by atoms with van der Waals surface area (Å²) in [6.45, 7) is 0.179. The van der Waals surface area contributed by atoms with Crippen LogP contribution in [0.15, 0.2) is 58.0 Å². The van der Waals surface area contributed by atoms with E-state index in [-0.39, 0.29) is 48.6 Å². The zero-order valence-electron chi connectivity index (χ0n) is 15.2. The summed E-state index contributed by atoms with van der Waals surface area (Å²) in [4.78, 5) is 8.29. The molecular weight excluding hydrogens is 538 g/mol.